The van der Waals surface area contributed by atoms with Gasteiger partial charge in [-0.3, -0.25) is 0 Å². The predicted molar refractivity (Wildman–Crippen MR) is 278 cm³/mol. The Morgan fingerprint density at radius 1 is 0.273 bits per heavy atom. The van der Waals surface area contributed by atoms with Gasteiger partial charge in [-0.05, 0) is 102 Å². The summed E-state index contributed by atoms with van der Waals surface area (Å²) in [5.74, 6) is 0. The molecular formula is C65H45N. The zero-order valence-corrected chi connectivity index (χ0v) is 36.4. The monoisotopic (exact) mass is 839 g/mol. The van der Waals surface area contributed by atoms with Gasteiger partial charge in [0.15, 0.2) is 0 Å². The number of hydrogen-bond acceptors (Lipinski definition) is 1. The molecule has 0 spiro atoms. The highest BCUT2D eigenvalue weighted by Gasteiger charge is 2.47. The molecule has 0 fully saturated rings. The minimum Gasteiger partial charge on any atom is -0.309 e. The summed E-state index contributed by atoms with van der Waals surface area (Å²) in [4.78, 5) is 2.51. The molecule has 1 aliphatic rings. The van der Waals surface area contributed by atoms with E-state index in [2.05, 4.69) is 278 Å². The molecule has 0 amide bonds. The van der Waals surface area contributed by atoms with Crippen LogP contribution in [0.15, 0.2) is 273 Å². The van der Waals surface area contributed by atoms with Crippen molar-refractivity contribution in [2.24, 2.45) is 0 Å². The van der Waals surface area contributed by atoms with Crippen LogP contribution < -0.4 is 4.90 Å². The van der Waals surface area contributed by atoms with E-state index in [1.165, 1.54) is 72.0 Å². The fourth-order valence-electron chi connectivity index (χ4n) is 10.6. The summed E-state index contributed by atoms with van der Waals surface area (Å²) in [5, 5.41) is 2.51. The second kappa shape index (κ2) is 16.6. The number of nitrogens with zero attached hydrogens (tertiary/aromatic N) is 1. The molecule has 12 rings (SSSR count). The largest absolute Gasteiger partial charge is 0.309 e. The zero-order valence-electron chi connectivity index (χ0n) is 36.4. The van der Waals surface area contributed by atoms with Gasteiger partial charge in [0.25, 0.3) is 0 Å². The van der Waals surface area contributed by atoms with Gasteiger partial charge in [-0.25, -0.2) is 0 Å². The second-order valence-corrected chi connectivity index (χ2v) is 17.2. The molecule has 0 saturated heterocycles. The highest BCUT2D eigenvalue weighted by molar-refractivity contribution is 6.00. The molecule has 1 aliphatic carbocycles. The third kappa shape index (κ3) is 6.56. The summed E-state index contributed by atoms with van der Waals surface area (Å²) >= 11 is 0. The molecule has 0 bridgehead atoms. The van der Waals surface area contributed by atoms with Crippen molar-refractivity contribution < 1.29 is 0 Å². The van der Waals surface area contributed by atoms with Crippen molar-refractivity contribution >= 4 is 27.8 Å². The second-order valence-electron chi connectivity index (χ2n) is 17.2. The number of anilines is 3. The molecule has 0 aromatic heterocycles. The third-order valence-corrected chi connectivity index (χ3v) is 13.6. The zero-order chi connectivity index (χ0) is 43.9. The number of rotatable bonds is 9. The standard InChI is InChI=1S/C65H45N/c1-4-19-46(20-5-1)47-37-43-51(44-38-47)58-30-13-15-35-62(58)66(55-28-16-23-52(45-55)48-39-41-50(42-40-48)57-32-17-22-49-21-10-11-29-56(49)57)63-36-18-34-61-64(63)59-31-12-14-33-60(59)65(61,53-24-6-2-7-25-53)54-26-8-3-9-27-54/h1-45H. The van der Waals surface area contributed by atoms with Crippen molar-refractivity contribution in [3.63, 3.8) is 0 Å². The van der Waals surface area contributed by atoms with Gasteiger partial charge in [0.2, 0.25) is 0 Å². The molecule has 0 aliphatic heterocycles. The van der Waals surface area contributed by atoms with Gasteiger partial charge in [-0.1, -0.05) is 249 Å². The van der Waals surface area contributed by atoms with Gasteiger partial charge in [0, 0.05) is 16.8 Å². The maximum absolute atomic E-state index is 2.51. The molecule has 1 nitrogen and oxygen atoms in total. The van der Waals surface area contributed by atoms with Crippen LogP contribution in [0.4, 0.5) is 17.1 Å². The van der Waals surface area contributed by atoms with Gasteiger partial charge in [-0.2, -0.15) is 0 Å². The lowest BCUT2D eigenvalue weighted by atomic mass is 9.68. The fourth-order valence-corrected chi connectivity index (χ4v) is 10.6. The van der Waals surface area contributed by atoms with Gasteiger partial charge in [-0.15, -0.1) is 0 Å². The molecule has 0 atom stereocenters. The summed E-state index contributed by atoms with van der Waals surface area (Å²) < 4.78 is 0. The van der Waals surface area contributed by atoms with E-state index in [-0.39, 0.29) is 0 Å². The fraction of sp³-hybridized carbons (Fsp3) is 0.0154. The average Bonchev–Trinajstić information content (AvgIpc) is 3.71. The number of para-hydroxylation sites is 1. The number of benzene rings is 11. The molecule has 1 heteroatoms. The smallest absolute Gasteiger partial charge is 0.0714 e. The molecule has 0 heterocycles. The maximum atomic E-state index is 2.51. The summed E-state index contributed by atoms with van der Waals surface area (Å²) in [5.41, 5.74) is 19.8. The summed E-state index contributed by atoms with van der Waals surface area (Å²) in [6.45, 7) is 0. The Hall–Kier alpha value is -8.52. The Labute approximate surface area is 387 Å². The Balaban J connectivity index is 1.07. The first-order chi connectivity index (χ1) is 32.8. The molecule has 0 saturated carbocycles. The minimum atomic E-state index is -0.531. The van der Waals surface area contributed by atoms with Crippen molar-refractivity contribution in [1.29, 1.82) is 0 Å². The van der Waals surface area contributed by atoms with Crippen molar-refractivity contribution in [3.8, 4) is 55.6 Å². The minimum absolute atomic E-state index is 0.531. The average molecular weight is 840 g/mol. The van der Waals surface area contributed by atoms with E-state index in [1.807, 2.05) is 0 Å². The normalized spacial score (nSPS) is 12.4. The van der Waals surface area contributed by atoms with Crippen molar-refractivity contribution in [3.05, 3.63) is 295 Å². The SMILES string of the molecule is c1ccc(-c2ccc(-c3ccccc3N(c3cccc(-c4ccc(-c5cccc6ccccc56)cc4)c3)c3cccc4c3-c3ccccc3C4(c3ccccc3)c3ccccc3)cc2)cc1. The number of fused-ring (bicyclic) bond motifs is 4. The van der Waals surface area contributed by atoms with E-state index >= 15 is 0 Å². The first-order valence-corrected chi connectivity index (χ1v) is 22.8. The highest BCUT2D eigenvalue weighted by Crippen LogP contribution is 2.60. The number of hydrogen-bond donors (Lipinski definition) is 0. The van der Waals surface area contributed by atoms with Crippen molar-refractivity contribution in [2.45, 2.75) is 5.41 Å². The van der Waals surface area contributed by atoms with Gasteiger partial charge in [0.05, 0.1) is 16.8 Å². The van der Waals surface area contributed by atoms with Gasteiger partial charge < -0.3 is 4.90 Å². The molecule has 66 heavy (non-hydrogen) atoms. The van der Waals surface area contributed by atoms with Crippen molar-refractivity contribution in [2.75, 3.05) is 4.90 Å². The van der Waals surface area contributed by atoms with E-state index < -0.39 is 5.41 Å². The molecule has 11 aromatic carbocycles. The maximum Gasteiger partial charge on any atom is 0.0714 e. The molecule has 0 unspecified atom stereocenters. The van der Waals surface area contributed by atoms with Crippen LogP contribution in [0.1, 0.15) is 22.3 Å². The topological polar surface area (TPSA) is 3.24 Å². The van der Waals surface area contributed by atoms with Gasteiger partial charge in [0.1, 0.15) is 0 Å². The van der Waals surface area contributed by atoms with Crippen LogP contribution >= 0.6 is 0 Å². The third-order valence-electron chi connectivity index (χ3n) is 13.6. The highest BCUT2D eigenvalue weighted by atomic mass is 15.1. The van der Waals surface area contributed by atoms with E-state index in [9.17, 15) is 0 Å². The Morgan fingerprint density at radius 2 is 0.727 bits per heavy atom. The molecular weight excluding hydrogens is 795 g/mol. The Morgan fingerprint density at radius 3 is 1.45 bits per heavy atom. The quantitative estimate of drug-likeness (QED) is 0.140. The lowest BCUT2D eigenvalue weighted by Gasteiger charge is -2.34. The molecule has 310 valence electrons. The summed E-state index contributed by atoms with van der Waals surface area (Å²) in [6, 6.07) is 100. The first-order valence-electron chi connectivity index (χ1n) is 22.8. The van der Waals surface area contributed by atoms with Crippen molar-refractivity contribution in [1.82, 2.24) is 0 Å². The van der Waals surface area contributed by atoms with Crippen LogP contribution in [0.3, 0.4) is 0 Å². The summed E-state index contributed by atoms with van der Waals surface area (Å²) in [6.07, 6.45) is 0. The predicted octanol–water partition coefficient (Wildman–Crippen LogP) is 17.3. The van der Waals surface area contributed by atoms with Crippen LogP contribution in [-0.4, -0.2) is 0 Å². The van der Waals surface area contributed by atoms with E-state index in [0.29, 0.717) is 0 Å². The van der Waals surface area contributed by atoms with E-state index in [1.54, 1.807) is 0 Å². The van der Waals surface area contributed by atoms with Crippen LogP contribution in [0.2, 0.25) is 0 Å². The Kier molecular flexibility index (Phi) is 9.81. The lowest BCUT2D eigenvalue weighted by Crippen LogP contribution is -2.28. The van der Waals surface area contributed by atoms with Crippen LogP contribution in [0.25, 0.3) is 66.4 Å². The molecule has 0 radical (unpaired) electrons. The lowest BCUT2D eigenvalue weighted by molar-refractivity contribution is 0.768. The van der Waals surface area contributed by atoms with Crippen LogP contribution in [-0.2, 0) is 5.41 Å². The van der Waals surface area contributed by atoms with E-state index in [0.717, 1.165) is 33.8 Å². The van der Waals surface area contributed by atoms with Crippen LogP contribution in [0.5, 0.6) is 0 Å². The Bertz CT molecular complexity index is 3460. The van der Waals surface area contributed by atoms with E-state index in [4.69, 9.17) is 0 Å². The van der Waals surface area contributed by atoms with Crippen LogP contribution in [0, 0.1) is 0 Å². The summed E-state index contributed by atoms with van der Waals surface area (Å²) in [7, 11) is 0. The van der Waals surface area contributed by atoms with Gasteiger partial charge >= 0.3 is 0 Å². The first kappa shape index (κ1) is 39.1. The molecule has 0 N–H and O–H groups in total. The molecule has 11 aromatic rings.